The molecule has 3 N–H and O–H groups in total. The minimum atomic E-state index is -3.84. The SMILES string of the molecule is CCCc1ccccc1NS(=O)(=O)c1ccc(N)c(F)c1. The highest BCUT2D eigenvalue weighted by atomic mass is 32.2. The fraction of sp³-hybridized carbons (Fsp3) is 0.200. The molecule has 2 aromatic carbocycles. The van der Waals surface area contributed by atoms with Gasteiger partial charge in [-0.1, -0.05) is 31.5 Å². The number of para-hydroxylation sites is 1. The Bertz CT molecular complexity index is 745. The second kappa shape index (κ2) is 6.13. The van der Waals surface area contributed by atoms with Crippen molar-refractivity contribution in [2.45, 2.75) is 24.7 Å². The third-order valence-electron chi connectivity index (χ3n) is 3.06. The number of halogens is 1. The van der Waals surface area contributed by atoms with Gasteiger partial charge in [0.25, 0.3) is 10.0 Å². The average Bonchev–Trinajstić information content (AvgIpc) is 2.44. The van der Waals surface area contributed by atoms with Crippen LogP contribution < -0.4 is 10.5 Å². The van der Waals surface area contributed by atoms with Crippen LogP contribution in [0.2, 0.25) is 0 Å². The van der Waals surface area contributed by atoms with Gasteiger partial charge in [-0.25, -0.2) is 12.8 Å². The van der Waals surface area contributed by atoms with Gasteiger partial charge in [-0.05, 0) is 36.2 Å². The summed E-state index contributed by atoms with van der Waals surface area (Å²) in [5.74, 6) is -0.750. The van der Waals surface area contributed by atoms with E-state index in [9.17, 15) is 12.8 Å². The van der Waals surface area contributed by atoms with Gasteiger partial charge in [0, 0.05) is 0 Å². The Hall–Kier alpha value is -2.08. The number of nitrogen functional groups attached to an aromatic ring is 1. The minimum absolute atomic E-state index is 0.0830. The number of benzene rings is 2. The van der Waals surface area contributed by atoms with Crippen LogP contribution >= 0.6 is 0 Å². The van der Waals surface area contributed by atoms with Gasteiger partial charge >= 0.3 is 0 Å². The van der Waals surface area contributed by atoms with Crippen LogP contribution in [0.1, 0.15) is 18.9 Å². The van der Waals surface area contributed by atoms with Crippen molar-refractivity contribution in [3.63, 3.8) is 0 Å². The normalized spacial score (nSPS) is 11.3. The predicted octanol–water partition coefficient (Wildman–Crippen LogP) is 3.16. The third kappa shape index (κ3) is 3.52. The Labute approximate surface area is 123 Å². The highest BCUT2D eigenvalue weighted by Crippen LogP contribution is 2.22. The summed E-state index contributed by atoms with van der Waals surface area (Å²) >= 11 is 0. The maximum absolute atomic E-state index is 13.4. The number of hydrogen-bond acceptors (Lipinski definition) is 3. The van der Waals surface area contributed by atoms with Gasteiger partial charge in [0.15, 0.2) is 0 Å². The first-order chi connectivity index (χ1) is 9.94. The van der Waals surface area contributed by atoms with E-state index in [4.69, 9.17) is 5.73 Å². The summed E-state index contributed by atoms with van der Waals surface area (Å²) in [5, 5.41) is 0. The van der Waals surface area contributed by atoms with Crippen molar-refractivity contribution in [1.82, 2.24) is 0 Å². The van der Waals surface area contributed by atoms with E-state index in [-0.39, 0.29) is 10.6 Å². The van der Waals surface area contributed by atoms with Crippen molar-refractivity contribution in [2.75, 3.05) is 10.5 Å². The largest absolute Gasteiger partial charge is 0.396 e. The summed E-state index contributed by atoms with van der Waals surface area (Å²) in [6.45, 7) is 2.01. The molecular weight excluding hydrogens is 291 g/mol. The molecule has 6 heteroatoms. The lowest BCUT2D eigenvalue weighted by Gasteiger charge is -2.12. The Morgan fingerprint density at radius 3 is 2.57 bits per heavy atom. The number of rotatable bonds is 5. The van der Waals surface area contributed by atoms with Crippen LogP contribution in [-0.4, -0.2) is 8.42 Å². The van der Waals surface area contributed by atoms with Crippen molar-refractivity contribution < 1.29 is 12.8 Å². The molecule has 0 saturated heterocycles. The first-order valence-electron chi connectivity index (χ1n) is 6.60. The van der Waals surface area contributed by atoms with Crippen molar-refractivity contribution >= 4 is 21.4 Å². The van der Waals surface area contributed by atoms with Crippen LogP contribution in [0.25, 0.3) is 0 Å². The molecule has 0 saturated carbocycles. The van der Waals surface area contributed by atoms with E-state index in [2.05, 4.69) is 4.72 Å². The Morgan fingerprint density at radius 1 is 1.19 bits per heavy atom. The molecule has 0 heterocycles. The first kappa shape index (κ1) is 15.3. The number of anilines is 2. The van der Waals surface area contributed by atoms with Crippen molar-refractivity contribution in [3.05, 3.63) is 53.8 Å². The molecule has 0 unspecified atom stereocenters. The molecule has 0 spiro atoms. The topological polar surface area (TPSA) is 72.2 Å². The fourth-order valence-corrected chi connectivity index (χ4v) is 3.10. The third-order valence-corrected chi connectivity index (χ3v) is 4.43. The predicted molar refractivity (Wildman–Crippen MR) is 82.1 cm³/mol. The number of nitrogens with one attached hydrogen (secondary N) is 1. The number of aryl methyl sites for hydroxylation is 1. The Morgan fingerprint density at radius 2 is 1.90 bits per heavy atom. The van der Waals surface area contributed by atoms with Crippen molar-refractivity contribution in [3.8, 4) is 0 Å². The van der Waals surface area contributed by atoms with Crippen LogP contribution in [0.5, 0.6) is 0 Å². The molecule has 21 heavy (non-hydrogen) atoms. The quantitative estimate of drug-likeness (QED) is 0.833. The average molecular weight is 308 g/mol. The highest BCUT2D eigenvalue weighted by molar-refractivity contribution is 7.92. The van der Waals surface area contributed by atoms with E-state index in [0.29, 0.717) is 5.69 Å². The standard InChI is InChI=1S/C15H17FN2O2S/c1-2-5-11-6-3-4-7-15(11)18-21(19,20)12-8-9-14(17)13(16)10-12/h3-4,6-10,18H,2,5,17H2,1H3. The van der Waals surface area contributed by atoms with E-state index in [1.54, 1.807) is 12.1 Å². The summed E-state index contributed by atoms with van der Waals surface area (Å²) in [4.78, 5) is -0.152. The van der Waals surface area contributed by atoms with Gasteiger partial charge in [-0.3, -0.25) is 4.72 Å². The maximum Gasteiger partial charge on any atom is 0.262 e. The van der Waals surface area contributed by atoms with Crippen LogP contribution in [0, 0.1) is 5.82 Å². The molecule has 2 rings (SSSR count). The molecule has 0 fully saturated rings. The molecule has 4 nitrogen and oxygen atoms in total. The molecule has 0 aliphatic heterocycles. The van der Waals surface area contributed by atoms with E-state index in [0.717, 1.165) is 24.5 Å². The number of sulfonamides is 1. The molecule has 112 valence electrons. The molecule has 0 radical (unpaired) electrons. The van der Waals surface area contributed by atoms with E-state index >= 15 is 0 Å². The van der Waals surface area contributed by atoms with Crippen molar-refractivity contribution in [1.29, 1.82) is 0 Å². The molecular formula is C15H17FN2O2S. The fourth-order valence-electron chi connectivity index (χ4n) is 1.99. The van der Waals surface area contributed by atoms with Gasteiger partial charge in [-0.2, -0.15) is 0 Å². The van der Waals surface area contributed by atoms with E-state index in [1.807, 2.05) is 19.1 Å². The summed E-state index contributed by atoms with van der Waals surface area (Å²) in [6, 6.07) is 10.6. The summed E-state index contributed by atoms with van der Waals surface area (Å²) in [5.41, 5.74) is 6.69. The monoisotopic (exact) mass is 308 g/mol. The van der Waals surface area contributed by atoms with Crippen LogP contribution in [-0.2, 0) is 16.4 Å². The molecule has 0 aliphatic rings. The molecule has 0 aromatic heterocycles. The Kier molecular flexibility index (Phi) is 4.47. The lowest BCUT2D eigenvalue weighted by molar-refractivity contribution is 0.596. The first-order valence-corrected chi connectivity index (χ1v) is 8.08. The summed E-state index contributed by atoms with van der Waals surface area (Å²) < 4.78 is 40.5. The smallest absolute Gasteiger partial charge is 0.262 e. The number of hydrogen-bond donors (Lipinski definition) is 2. The van der Waals surface area contributed by atoms with Crippen LogP contribution in [0.4, 0.5) is 15.8 Å². The van der Waals surface area contributed by atoms with Gasteiger partial charge in [0.05, 0.1) is 16.3 Å². The molecule has 0 bridgehead atoms. The zero-order valence-corrected chi connectivity index (χ0v) is 12.5. The molecule has 0 amide bonds. The highest BCUT2D eigenvalue weighted by Gasteiger charge is 2.17. The van der Waals surface area contributed by atoms with Crippen molar-refractivity contribution in [2.24, 2.45) is 0 Å². The van der Waals surface area contributed by atoms with Gasteiger partial charge < -0.3 is 5.73 Å². The van der Waals surface area contributed by atoms with Crippen LogP contribution in [0.3, 0.4) is 0 Å². The lowest BCUT2D eigenvalue weighted by atomic mass is 10.1. The van der Waals surface area contributed by atoms with E-state index in [1.165, 1.54) is 12.1 Å². The maximum atomic E-state index is 13.4. The lowest BCUT2D eigenvalue weighted by Crippen LogP contribution is -2.14. The van der Waals surface area contributed by atoms with E-state index < -0.39 is 15.8 Å². The molecule has 0 atom stereocenters. The second-order valence-corrected chi connectivity index (χ2v) is 6.38. The molecule has 2 aromatic rings. The Balaban J connectivity index is 2.35. The zero-order chi connectivity index (χ0) is 15.5. The summed E-state index contributed by atoms with van der Waals surface area (Å²) in [6.07, 6.45) is 1.66. The summed E-state index contributed by atoms with van der Waals surface area (Å²) in [7, 11) is -3.84. The van der Waals surface area contributed by atoms with Crippen LogP contribution in [0.15, 0.2) is 47.4 Å². The second-order valence-electron chi connectivity index (χ2n) is 4.70. The number of nitrogens with two attached hydrogens (primary N) is 1. The minimum Gasteiger partial charge on any atom is -0.396 e. The van der Waals surface area contributed by atoms with Gasteiger partial charge in [0.2, 0.25) is 0 Å². The zero-order valence-electron chi connectivity index (χ0n) is 11.6. The van der Waals surface area contributed by atoms with Gasteiger partial charge in [0.1, 0.15) is 5.82 Å². The molecule has 0 aliphatic carbocycles. The van der Waals surface area contributed by atoms with Gasteiger partial charge in [-0.15, -0.1) is 0 Å².